The molecular formula is C19H24N2O3S. The third kappa shape index (κ3) is 3.79. The molecule has 2 N–H and O–H groups in total. The van der Waals surface area contributed by atoms with Gasteiger partial charge >= 0.3 is 5.91 Å². The van der Waals surface area contributed by atoms with E-state index >= 15 is 0 Å². The Kier molecular flexibility index (Phi) is 4.73. The van der Waals surface area contributed by atoms with Crippen molar-refractivity contribution in [1.82, 2.24) is 10.9 Å². The standard InChI is InChI=1S/C19H24N2O3S/c1-11-7-8-24-16(11)18(23)21-20-17(22)15-10-12-9-13(19(2,3)4)5-6-14(12)25-15/h7-8,10,13H,5-6,9H2,1-4H3,(H,20,22)(H,21,23). The van der Waals surface area contributed by atoms with Gasteiger partial charge in [-0.3, -0.25) is 20.4 Å². The Labute approximate surface area is 151 Å². The minimum absolute atomic E-state index is 0.207. The van der Waals surface area contributed by atoms with E-state index < -0.39 is 5.91 Å². The van der Waals surface area contributed by atoms with Crippen molar-refractivity contribution < 1.29 is 14.0 Å². The molecular weight excluding hydrogens is 336 g/mol. The number of carbonyl (C=O) groups is 2. The third-order valence-electron chi connectivity index (χ3n) is 4.89. The summed E-state index contributed by atoms with van der Waals surface area (Å²) >= 11 is 1.52. The summed E-state index contributed by atoms with van der Waals surface area (Å²) in [5, 5.41) is 0. The number of furan rings is 1. The van der Waals surface area contributed by atoms with Crippen LogP contribution in [0.15, 0.2) is 22.8 Å². The molecule has 6 heteroatoms. The van der Waals surface area contributed by atoms with Crippen LogP contribution in [0.3, 0.4) is 0 Å². The molecule has 2 aromatic heterocycles. The third-order valence-corrected chi connectivity index (χ3v) is 6.13. The lowest BCUT2D eigenvalue weighted by Crippen LogP contribution is -2.41. The summed E-state index contributed by atoms with van der Waals surface area (Å²) in [5.74, 6) is 0.0974. The fraction of sp³-hybridized carbons (Fsp3) is 0.474. The Bertz CT molecular complexity index is 798. The first-order valence-electron chi connectivity index (χ1n) is 8.52. The van der Waals surface area contributed by atoms with E-state index in [0.29, 0.717) is 10.8 Å². The number of amides is 2. The summed E-state index contributed by atoms with van der Waals surface area (Å²) in [6, 6.07) is 3.67. The highest BCUT2D eigenvalue weighted by Crippen LogP contribution is 2.40. The van der Waals surface area contributed by atoms with Gasteiger partial charge in [0.25, 0.3) is 5.91 Å². The first kappa shape index (κ1) is 17.7. The van der Waals surface area contributed by atoms with Crippen molar-refractivity contribution in [2.24, 2.45) is 11.3 Å². The summed E-state index contributed by atoms with van der Waals surface area (Å²) < 4.78 is 5.11. The SMILES string of the molecule is Cc1ccoc1C(=O)NNC(=O)c1cc2c(s1)CCC(C(C)(C)C)C2. The highest BCUT2D eigenvalue weighted by molar-refractivity contribution is 7.14. The molecule has 1 atom stereocenters. The van der Waals surface area contributed by atoms with Gasteiger partial charge in [0.1, 0.15) is 0 Å². The number of thiophene rings is 1. The van der Waals surface area contributed by atoms with Gasteiger partial charge in [-0.25, -0.2) is 0 Å². The van der Waals surface area contributed by atoms with Crippen LogP contribution in [0.1, 0.15) is 63.4 Å². The minimum Gasteiger partial charge on any atom is -0.459 e. The monoisotopic (exact) mass is 360 g/mol. The number of nitrogens with one attached hydrogen (secondary N) is 2. The van der Waals surface area contributed by atoms with Crippen LogP contribution in [0, 0.1) is 18.3 Å². The molecule has 3 rings (SSSR count). The maximum Gasteiger partial charge on any atom is 0.305 e. The summed E-state index contributed by atoms with van der Waals surface area (Å²) in [6.07, 6.45) is 4.64. The van der Waals surface area contributed by atoms with E-state index in [1.165, 1.54) is 28.0 Å². The summed E-state index contributed by atoms with van der Waals surface area (Å²) in [7, 11) is 0. The van der Waals surface area contributed by atoms with Crippen molar-refractivity contribution in [2.75, 3.05) is 0 Å². The molecule has 1 aliphatic rings. The van der Waals surface area contributed by atoms with Crippen LogP contribution in [0.5, 0.6) is 0 Å². The molecule has 0 aromatic carbocycles. The molecule has 0 spiro atoms. The van der Waals surface area contributed by atoms with Gasteiger partial charge in [0, 0.05) is 10.4 Å². The zero-order valence-electron chi connectivity index (χ0n) is 15.1. The average molecular weight is 360 g/mol. The van der Waals surface area contributed by atoms with Crippen LogP contribution in [-0.2, 0) is 12.8 Å². The zero-order valence-corrected chi connectivity index (χ0v) is 15.9. The number of rotatable bonds is 2. The normalized spacial score (nSPS) is 17.0. The molecule has 134 valence electrons. The lowest BCUT2D eigenvalue weighted by molar-refractivity contribution is 0.0832. The summed E-state index contributed by atoms with van der Waals surface area (Å²) in [5.41, 5.74) is 7.16. The van der Waals surface area contributed by atoms with Gasteiger partial charge in [-0.1, -0.05) is 20.8 Å². The van der Waals surface area contributed by atoms with E-state index in [2.05, 4.69) is 31.6 Å². The largest absolute Gasteiger partial charge is 0.459 e. The van der Waals surface area contributed by atoms with Crippen molar-refractivity contribution in [3.05, 3.63) is 45.0 Å². The van der Waals surface area contributed by atoms with E-state index in [4.69, 9.17) is 4.42 Å². The maximum atomic E-state index is 12.4. The molecule has 2 amide bonds. The first-order chi connectivity index (χ1) is 11.8. The van der Waals surface area contributed by atoms with Crippen LogP contribution in [0.4, 0.5) is 0 Å². The van der Waals surface area contributed by atoms with Gasteiger partial charge in [-0.05, 0) is 55.2 Å². The second-order valence-corrected chi connectivity index (χ2v) is 8.84. The first-order valence-corrected chi connectivity index (χ1v) is 9.33. The fourth-order valence-corrected chi connectivity index (χ4v) is 4.32. The van der Waals surface area contributed by atoms with Crippen molar-refractivity contribution >= 4 is 23.2 Å². The fourth-order valence-electron chi connectivity index (χ4n) is 3.21. The van der Waals surface area contributed by atoms with Gasteiger partial charge in [0.2, 0.25) is 0 Å². The van der Waals surface area contributed by atoms with E-state index in [1.54, 1.807) is 13.0 Å². The molecule has 0 fully saturated rings. The summed E-state index contributed by atoms with van der Waals surface area (Å²) in [6.45, 7) is 8.59. The lowest BCUT2D eigenvalue weighted by Gasteiger charge is -2.33. The van der Waals surface area contributed by atoms with Crippen LogP contribution in [-0.4, -0.2) is 11.8 Å². The van der Waals surface area contributed by atoms with E-state index in [0.717, 1.165) is 24.8 Å². The number of carbonyl (C=O) groups excluding carboxylic acids is 2. The Hall–Kier alpha value is -2.08. The Morgan fingerprint density at radius 3 is 2.60 bits per heavy atom. The Morgan fingerprint density at radius 2 is 1.96 bits per heavy atom. The molecule has 2 aromatic rings. The molecule has 5 nitrogen and oxygen atoms in total. The van der Waals surface area contributed by atoms with Crippen LogP contribution in [0.25, 0.3) is 0 Å². The highest BCUT2D eigenvalue weighted by atomic mass is 32.1. The summed E-state index contributed by atoms with van der Waals surface area (Å²) in [4.78, 5) is 26.3. The number of aryl methyl sites for hydroxylation is 2. The van der Waals surface area contributed by atoms with Crippen molar-refractivity contribution in [3.8, 4) is 0 Å². The van der Waals surface area contributed by atoms with Crippen LogP contribution < -0.4 is 10.9 Å². The Morgan fingerprint density at radius 1 is 1.24 bits per heavy atom. The molecule has 1 aliphatic carbocycles. The quantitative estimate of drug-likeness (QED) is 0.799. The van der Waals surface area contributed by atoms with Gasteiger partial charge in [-0.15, -0.1) is 11.3 Å². The minimum atomic E-state index is -0.454. The van der Waals surface area contributed by atoms with Crippen LogP contribution in [0.2, 0.25) is 0 Å². The van der Waals surface area contributed by atoms with E-state index in [9.17, 15) is 9.59 Å². The smallest absolute Gasteiger partial charge is 0.305 e. The predicted octanol–water partition coefficient (Wildman–Crippen LogP) is 3.88. The second kappa shape index (κ2) is 6.67. The van der Waals surface area contributed by atoms with Crippen LogP contribution >= 0.6 is 11.3 Å². The van der Waals surface area contributed by atoms with E-state index in [-0.39, 0.29) is 17.1 Å². The topological polar surface area (TPSA) is 71.3 Å². The molecule has 1 unspecified atom stereocenters. The molecule has 0 bridgehead atoms. The van der Waals surface area contributed by atoms with E-state index in [1.807, 2.05) is 6.07 Å². The number of hydrogen-bond donors (Lipinski definition) is 2. The lowest BCUT2D eigenvalue weighted by atomic mass is 9.72. The van der Waals surface area contributed by atoms with Gasteiger partial charge in [0.05, 0.1) is 11.1 Å². The molecule has 2 heterocycles. The molecule has 0 radical (unpaired) electrons. The molecule has 0 aliphatic heterocycles. The number of hydrazine groups is 1. The van der Waals surface area contributed by atoms with Crippen molar-refractivity contribution in [2.45, 2.75) is 47.0 Å². The van der Waals surface area contributed by atoms with Gasteiger partial charge in [0.15, 0.2) is 5.76 Å². The average Bonchev–Trinajstić information content (AvgIpc) is 3.16. The molecule has 0 saturated heterocycles. The molecule has 0 saturated carbocycles. The molecule has 25 heavy (non-hydrogen) atoms. The maximum absolute atomic E-state index is 12.4. The zero-order chi connectivity index (χ0) is 18.2. The number of hydrogen-bond acceptors (Lipinski definition) is 4. The van der Waals surface area contributed by atoms with Crippen molar-refractivity contribution in [3.63, 3.8) is 0 Å². The van der Waals surface area contributed by atoms with Gasteiger partial charge < -0.3 is 4.42 Å². The second-order valence-electron chi connectivity index (χ2n) is 7.71. The van der Waals surface area contributed by atoms with Crippen molar-refractivity contribution in [1.29, 1.82) is 0 Å². The number of fused-ring (bicyclic) bond motifs is 1. The highest BCUT2D eigenvalue weighted by Gasteiger charge is 2.30. The Balaban J connectivity index is 1.64. The van der Waals surface area contributed by atoms with Gasteiger partial charge in [-0.2, -0.15) is 0 Å². The predicted molar refractivity (Wildman–Crippen MR) is 97.7 cm³/mol.